The molecule has 470 valence electrons. The molecule has 10 heterocycles. The summed E-state index contributed by atoms with van der Waals surface area (Å²) in [7, 11) is 1.57. The highest BCUT2D eigenvalue weighted by molar-refractivity contribution is 9.10. The van der Waals surface area contributed by atoms with Crippen LogP contribution in [0, 0.1) is 32.6 Å². The van der Waals surface area contributed by atoms with Gasteiger partial charge >= 0.3 is 0 Å². The lowest BCUT2D eigenvalue weighted by Gasteiger charge is -2.33. The van der Waals surface area contributed by atoms with Gasteiger partial charge in [-0.25, -0.2) is 4.68 Å². The number of hydrogen-bond acceptors (Lipinski definition) is 10. The van der Waals surface area contributed by atoms with Crippen molar-refractivity contribution in [3.05, 3.63) is 167 Å². The first-order valence-electron chi connectivity index (χ1n) is 32.0. The number of benzene rings is 4. The van der Waals surface area contributed by atoms with Crippen LogP contribution < -0.4 is 0 Å². The van der Waals surface area contributed by atoms with Gasteiger partial charge in [-0.3, -0.25) is 14.6 Å². The molecule has 0 radical (unpaired) electrons. The summed E-state index contributed by atoms with van der Waals surface area (Å²) in [5.41, 5.74) is 16.9. The van der Waals surface area contributed by atoms with Gasteiger partial charge in [0.05, 0.1) is 79.0 Å². The molecule has 0 saturated carbocycles. The van der Waals surface area contributed by atoms with Crippen molar-refractivity contribution in [2.24, 2.45) is 25.9 Å². The SMILES string of the molecule is C[Si](C)(C)CCOCn1ccc2c3c4ncc(Br)cc4n([C@H](c4ccccc4)C4CCOCC4)c3ccc21.Cc1nnn(C)c1-c1cnc2c3c4ccn(COCC[Si](C)(C)C)c4ccc3n([C@H](c3ccccc3)C3CCOCC3)c2c1.Cc1nnn(C)c1C. The minimum atomic E-state index is -1.14. The van der Waals surface area contributed by atoms with Crippen molar-refractivity contribution in [3.63, 3.8) is 0 Å². The number of fused-ring (bicyclic) bond motifs is 10. The first-order chi connectivity index (χ1) is 43.4. The molecule has 2 fully saturated rings. The van der Waals surface area contributed by atoms with Gasteiger partial charge in [0, 0.05) is 126 Å². The highest BCUT2D eigenvalue weighted by Gasteiger charge is 2.33. The third kappa shape index (κ3) is 13.3. The van der Waals surface area contributed by atoms with Gasteiger partial charge in [-0.05, 0) is 146 Å². The maximum Gasteiger partial charge on any atom is 0.122 e. The van der Waals surface area contributed by atoms with E-state index in [1.54, 1.807) is 4.68 Å². The molecule has 2 aliphatic heterocycles. The minimum absolute atomic E-state index is 0.146. The standard InChI is InChI=1S/C35H42N6O2Si.C31H36BrN3O2Si.C5H9N3/c1-24-34(39(2)38-37-24)27-21-31-33(36-22-27)32-28-13-16-40(23-43-19-20-44(3,4)5)29(28)11-12-30(32)41(31)35(25-9-7-6-8-10-25)26-14-17-42-18-15-26;1-38(2,3)18-17-37-21-34-14-11-25-26(34)9-10-27-29(25)30-28(19-24(32)20-33-30)35(27)31(22-7-5-4-6-8-22)23-12-15-36-16-13-23;1-4-5(2)8(3)7-6-4/h6-13,16,21-22,26,35H,14-15,17-20,23H2,1-5H3;4-11,14,19-20,23,31H,12-13,15-18,21H2,1-3H3;1-3H3/t35-;31-;/m11./s1. The zero-order valence-electron chi connectivity index (χ0n) is 54.3. The summed E-state index contributed by atoms with van der Waals surface area (Å²) >= 11 is 3.71. The van der Waals surface area contributed by atoms with Crippen LogP contribution in [0.3, 0.4) is 0 Å². The van der Waals surface area contributed by atoms with E-state index in [0.717, 1.165) is 121 Å². The zero-order valence-corrected chi connectivity index (χ0v) is 57.9. The van der Waals surface area contributed by atoms with Crippen LogP contribution >= 0.6 is 15.9 Å². The van der Waals surface area contributed by atoms with Crippen molar-refractivity contribution in [1.29, 1.82) is 0 Å². The number of ether oxygens (including phenoxy) is 4. The fraction of sp³-hybridized carbons (Fsp3) is 0.408. The van der Waals surface area contributed by atoms with E-state index in [-0.39, 0.29) is 12.1 Å². The number of pyridine rings is 2. The second-order valence-corrected chi connectivity index (χ2v) is 39.2. The monoisotopic (exact) mass is 1310 g/mol. The molecule has 19 heteroatoms. The number of halogens is 1. The highest BCUT2D eigenvalue weighted by Crippen LogP contribution is 2.45. The molecule has 90 heavy (non-hydrogen) atoms. The van der Waals surface area contributed by atoms with Gasteiger partial charge in [0.15, 0.2) is 0 Å². The summed E-state index contributed by atoms with van der Waals surface area (Å²) in [6, 6.07) is 42.7. The fourth-order valence-electron chi connectivity index (χ4n) is 13.3. The van der Waals surface area contributed by atoms with Crippen molar-refractivity contribution in [3.8, 4) is 11.3 Å². The zero-order chi connectivity index (χ0) is 62.8. The highest BCUT2D eigenvalue weighted by atomic mass is 79.9. The summed E-state index contributed by atoms with van der Waals surface area (Å²) < 4.78 is 38.1. The van der Waals surface area contributed by atoms with E-state index in [1.165, 1.54) is 66.3 Å². The topological polar surface area (TPSA) is 144 Å². The molecule has 0 spiro atoms. The van der Waals surface area contributed by atoms with Crippen LogP contribution in [0.5, 0.6) is 0 Å². The lowest BCUT2D eigenvalue weighted by molar-refractivity contribution is 0.0552. The van der Waals surface area contributed by atoms with Gasteiger partial charge in [-0.15, -0.1) is 10.2 Å². The Morgan fingerprint density at radius 1 is 0.533 bits per heavy atom. The summed E-state index contributed by atoms with van der Waals surface area (Å²) in [5.74, 6) is 0.928. The quantitative estimate of drug-likeness (QED) is 0.0638. The molecule has 0 amide bonds. The van der Waals surface area contributed by atoms with Crippen LogP contribution in [0.25, 0.3) is 76.9 Å². The Hall–Kier alpha value is -7.11. The first kappa shape index (κ1) is 63.1. The summed E-state index contributed by atoms with van der Waals surface area (Å²) in [6.07, 6.45) is 12.4. The Labute approximate surface area is 538 Å². The predicted molar refractivity (Wildman–Crippen MR) is 373 cm³/mol. The van der Waals surface area contributed by atoms with E-state index in [1.807, 2.05) is 51.9 Å². The molecule has 8 aromatic heterocycles. The Morgan fingerprint density at radius 2 is 0.978 bits per heavy atom. The maximum atomic E-state index is 6.17. The van der Waals surface area contributed by atoms with Gasteiger partial charge < -0.3 is 37.2 Å². The largest absolute Gasteiger partial charge is 0.381 e. The van der Waals surface area contributed by atoms with Crippen molar-refractivity contribution in [2.45, 2.75) is 123 Å². The van der Waals surface area contributed by atoms with Gasteiger partial charge in [-0.2, -0.15) is 0 Å². The second-order valence-electron chi connectivity index (χ2n) is 27.0. The molecule has 4 aromatic carbocycles. The van der Waals surface area contributed by atoms with Gasteiger partial charge in [-0.1, -0.05) is 110 Å². The number of aryl methyl sites for hydroxylation is 4. The predicted octanol–water partition coefficient (Wildman–Crippen LogP) is 16.2. The molecule has 2 atom stereocenters. The average molecular weight is 1310 g/mol. The molecule has 16 nitrogen and oxygen atoms in total. The van der Waals surface area contributed by atoms with E-state index in [0.29, 0.717) is 25.3 Å². The van der Waals surface area contributed by atoms with E-state index < -0.39 is 16.1 Å². The Balaban J connectivity index is 0.000000156. The molecular formula is C71H87BrN12O4Si2. The third-order valence-electron chi connectivity index (χ3n) is 18.4. The van der Waals surface area contributed by atoms with Crippen molar-refractivity contribution < 1.29 is 18.9 Å². The second kappa shape index (κ2) is 27.0. The summed E-state index contributed by atoms with van der Waals surface area (Å²) in [5, 5.41) is 21.1. The average Bonchev–Trinajstić information content (AvgIpc) is 1.58. The van der Waals surface area contributed by atoms with E-state index in [9.17, 15) is 0 Å². The summed E-state index contributed by atoms with van der Waals surface area (Å²) in [4.78, 5) is 10.2. The van der Waals surface area contributed by atoms with Crippen LogP contribution in [0.4, 0.5) is 0 Å². The number of aromatic nitrogens is 12. The van der Waals surface area contributed by atoms with Gasteiger partial charge in [0.1, 0.15) is 13.5 Å². The molecule has 2 saturated heterocycles. The molecule has 12 aromatic rings. The van der Waals surface area contributed by atoms with Gasteiger partial charge in [0.25, 0.3) is 0 Å². The third-order valence-corrected chi connectivity index (χ3v) is 22.2. The van der Waals surface area contributed by atoms with Crippen molar-refractivity contribution in [2.75, 3.05) is 39.6 Å². The van der Waals surface area contributed by atoms with Crippen LogP contribution in [-0.4, -0.2) is 114 Å². The van der Waals surface area contributed by atoms with Crippen molar-refractivity contribution in [1.82, 2.24) is 58.2 Å². The van der Waals surface area contributed by atoms with Gasteiger partial charge in [0.2, 0.25) is 0 Å². The van der Waals surface area contributed by atoms with E-state index in [4.69, 9.17) is 28.9 Å². The lowest BCUT2D eigenvalue weighted by Crippen LogP contribution is -2.26. The maximum absolute atomic E-state index is 6.17. The Kier molecular flexibility index (Phi) is 18.9. The molecule has 0 N–H and O–H groups in total. The fourth-order valence-corrected chi connectivity index (χ4v) is 15.2. The van der Waals surface area contributed by atoms with E-state index in [2.05, 4.69) is 216 Å². The Morgan fingerprint density at radius 3 is 1.40 bits per heavy atom. The summed E-state index contributed by atoms with van der Waals surface area (Å²) in [6.45, 7) is 26.3. The minimum Gasteiger partial charge on any atom is -0.381 e. The molecule has 2 aliphatic rings. The van der Waals surface area contributed by atoms with E-state index >= 15 is 0 Å². The number of hydrogen-bond donors (Lipinski definition) is 0. The first-order valence-corrected chi connectivity index (χ1v) is 40.2. The number of rotatable bonds is 17. The molecule has 0 unspecified atom stereocenters. The normalized spacial score (nSPS) is 15.3. The molecule has 0 bridgehead atoms. The van der Waals surface area contributed by atoms with Crippen LogP contribution in [-0.2, 0) is 46.5 Å². The van der Waals surface area contributed by atoms with Crippen LogP contribution in [0.1, 0.15) is 66.0 Å². The van der Waals surface area contributed by atoms with Crippen LogP contribution in [0.2, 0.25) is 51.4 Å². The lowest BCUT2D eigenvalue weighted by atomic mass is 9.86. The number of nitrogens with zero attached hydrogens (tertiary/aromatic N) is 12. The smallest absolute Gasteiger partial charge is 0.122 e. The molecular weight excluding hydrogens is 1220 g/mol. The van der Waals surface area contributed by atoms with Crippen molar-refractivity contribution >= 4 is 97.8 Å². The van der Waals surface area contributed by atoms with Crippen LogP contribution in [0.15, 0.2) is 138 Å². The Bertz CT molecular complexity index is 4390. The molecule has 0 aliphatic carbocycles. The molecule has 14 rings (SSSR count).